The summed E-state index contributed by atoms with van der Waals surface area (Å²) in [5, 5.41) is 1.06. The van der Waals surface area contributed by atoms with Gasteiger partial charge in [0, 0.05) is 22.0 Å². The van der Waals surface area contributed by atoms with Gasteiger partial charge in [-0.15, -0.1) is 0 Å². The van der Waals surface area contributed by atoms with E-state index in [0.29, 0.717) is 0 Å². The standard InChI is InChI=1S/C9H7NO.2K.H2O4S/c11-9-6-5-7-3-1-2-4-8(7)10-9;;;1-5(2,3)4/h1-6H,(H,10,11);;;(H2,1,2,3,4)/q;2*+1;/p-2. The molecule has 86 valence electrons. The van der Waals surface area contributed by atoms with Crippen LogP contribution in [0.2, 0.25) is 0 Å². The molecule has 2 aromatic rings. The number of nitrogens with one attached hydrogen (secondary N) is 1. The third kappa shape index (κ3) is 10.4. The molecular formula is C9H7K2NO5S. The molecule has 6 nitrogen and oxygen atoms in total. The van der Waals surface area contributed by atoms with E-state index in [4.69, 9.17) is 17.5 Å². The second kappa shape index (κ2) is 10.3. The van der Waals surface area contributed by atoms with Crippen LogP contribution in [0.15, 0.2) is 41.2 Å². The molecule has 1 heterocycles. The summed E-state index contributed by atoms with van der Waals surface area (Å²) < 4.78 is 34.1. The van der Waals surface area contributed by atoms with Gasteiger partial charge in [-0.1, -0.05) is 18.2 Å². The minimum atomic E-state index is -5.17. The minimum absolute atomic E-state index is 0. The fraction of sp³-hybridized carbons (Fsp3) is 0. The zero-order valence-electron chi connectivity index (χ0n) is 9.91. The monoisotopic (exact) mass is 319 g/mol. The maximum absolute atomic E-state index is 10.8. The van der Waals surface area contributed by atoms with Crippen molar-refractivity contribution in [2.24, 2.45) is 0 Å². The van der Waals surface area contributed by atoms with Gasteiger partial charge in [-0.3, -0.25) is 13.2 Å². The first-order chi connectivity index (χ1) is 7.36. The van der Waals surface area contributed by atoms with E-state index in [-0.39, 0.29) is 108 Å². The number of aromatic nitrogens is 1. The molecule has 0 aliphatic heterocycles. The predicted molar refractivity (Wildman–Crippen MR) is 55.0 cm³/mol. The van der Waals surface area contributed by atoms with Gasteiger partial charge in [-0.05, 0) is 17.5 Å². The summed E-state index contributed by atoms with van der Waals surface area (Å²) in [5.41, 5.74) is 0.837. The van der Waals surface area contributed by atoms with Crippen molar-refractivity contribution < 1.29 is 120 Å². The van der Waals surface area contributed by atoms with Gasteiger partial charge in [-0.2, -0.15) is 0 Å². The smallest absolute Gasteiger partial charge is 0.759 e. The molecule has 0 amide bonds. The molecule has 0 saturated heterocycles. The molecule has 1 aromatic carbocycles. The van der Waals surface area contributed by atoms with Gasteiger partial charge < -0.3 is 14.1 Å². The fourth-order valence-electron chi connectivity index (χ4n) is 1.10. The van der Waals surface area contributed by atoms with Crippen molar-refractivity contribution >= 4 is 21.3 Å². The topological polar surface area (TPSA) is 113 Å². The van der Waals surface area contributed by atoms with E-state index in [1.807, 2.05) is 30.3 Å². The molecule has 1 aromatic heterocycles. The van der Waals surface area contributed by atoms with Crippen LogP contribution in [-0.2, 0) is 10.4 Å². The fourth-order valence-corrected chi connectivity index (χ4v) is 1.10. The van der Waals surface area contributed by atoms with Crippen molar-refractivity contribution in [1.82, 2.24) is 4.98 Å². The van der Waals surface area contributed by atoms with Crippen LogP contribution in [0, 0.1) is 0 Å². The maximum atomic E-state index is 10.8. The van der Waals surface area contributed by atoms with Crippen LogP contribution in [0.3, 0.4) is 0 Å². The number of H-pyrrole nitrogens is 1. The minimum Gasteiger partial charge on any atom is -0.759 e. The van der Waals surface area contributed by atoms with E-state index >= 15 is 0 Å². The van der Waals surface area contributed by atoms with Crippen LogP contribution in [0.5, 0.6) is 0 Å². The third-order valence-electron chi connectivity index (χ3n) is 1.63. The largest absolute Gasteiger partial charge is 1.00 e. The van der Waals surface area contributed by atoms with Gasteiger partial charge in [0.15, 0.2) is 0 Å². The summed E-state index contributed by atoms with van der Waals surface area (Å²) in [5.74, 6) is 0. The molecule has 2 rings (SSSR count). The molecule has 0 fully saturated rings. The van der Waals surface area contributed by atoms with Crippen molar-refractivity contribution in [3.8, 4) is 0 Å². The number of hydrogen-bond donors (Lipinski definition) is 1. The Labute approximate surface area is 189 Å². The van der Waals surface area contributed by atoms with E-state index in [1.165, 1.54) is 6.07 Å². The van der Waals surface area contributed by atoms with E-state index in [2.05, 4.69) is 4.98 Å². The molecule has 0 spiro atoms. The van der Waals surface area contributed by atoms with Crippen molar-refractivity contribution in [2.45, 2.75) is 0 Å². The van der Waals surface area contributed by atoms with E-state index < -0.39 is 10.4 Å². The quantitative estimate of drug-likeness (QED) is 0.295. The third-order valence-corrected chi connectivity index (χ3v) is 1.63. The van der Waals surface area contributed by atoms with Crippen LogP contribution in [0.1, 0.15) is 0 Å². The molecule has 0 radical (unpaired) electrons. The van der Waals surface area contributed by atoms with E-state index in [1.54, 1.807) is 0 Å². The van der Waals surface area contributed by atoms with Crippen LogP contribution < -0.4 is 108 Å². The van der Waals surface area contributed by atoms with Gasteiger partial charge in [0.25, 0.3) is 0 Å². The van der Waals surface area contributed by atoms with Gasteiger partial charge in [-0.25, -0.2) is 0 Å². The number of hydrogen-bond acceptors (Lipinski definition) is 5. The molecule has 0 aliphatic carbocycles. The number of pyridine rings is 1. The number of fused-ring (bicyclic) bond motifs is 1. The Bertz CT molecular complexity index is 632. The summed E-state index contributed by atoms with van der Waals surface area (Å²) >= 11 is 0. The van der Waals surface area contributed by atoms with Gasteiger partial charge >= 0.3 is 103 Å². The van der Waals surface area contributed by atoms with Crippen molar-refractivity contribution in [1.29, 1.82) is 0 Å². The van der Waals surface area contributed by atoms with Gasteiger partial charge in [0.1, 0.15) is 0 Å². The Morgan fingerprint density at radius 2 is 1.44 bits per heavy atom. The first kappa shape index (κ1) is 21.9. The van der Waals surface area contributed by atoms with E-state index in [0.717, 1.165) is 10.9 Å². The summed E-state index contributed by atoms with van der Waals surface area (Å²) in [6.45, 7) is 0. The number of aromatic amines is 1. The summed E-state index contributed by atoms with van der Waals surface area (Å²) in [7, 11) is -5.17. The van der Waals surface area contributed by atoms with Gasteiger partial charge in [0.05, 0.1) is 0 Å². The Hall–Kier alpha value is 1.57. The second-order valence-corrected chi connectivity index (χ2v) is 3.63. The average molecular weight is 319 g/mol. The van der Waals surface area contributed by atoms with Crippen molar-refractivity contribution in [3.05, 3.63) is 46.8 Å². The number of rotatable bonds is 0. The molecule has 0 aliphatic rings. The van der Waals surface area contributed by atoms with Crippen LogP contribution in [0.25, 0.3) is 10.9 Å². The zero-order chi connectivity index (χ0) is 12.2. The van der Waals surface area contributed by atoms with E-state index in [9.17, 15) is 4.79 Å². The zero-order valence-corrected chi connectivity index (χ0v) is 17.0. The number of para-hydroxylation sites is 1. The average Bonchev–Trinajstić information content (AvgIpc) is 2.15. The summed E-state index contributed by atoms with van der Waals surface area (Å²) in [6.07, 6.45) is 0. The molecule has 1 N–H and O–H groups in total. The van der Waals surface area contributed by atoms with Crippen molar-refractivity contribution in [2.75, 3.05) is 0 Å². The van der Waals surface area contributed by atoms with Gasteiger partial charge in [0.2, 0.25) is 5.56 Å². The first-order valence-electron chi connectivity index (χ1n) is 4.11. The van der Waals surface area contributed by atoms with Crippen LogP contribution >= 0.6 is 0 Å². The molecule has 18 heavy (non-hydrogen) atoms. The molecule has 9 heteroatoms. The SMILES string of the molecule is O=S(=O)([O-])[O-].O=c1ccc2ccccc2[nH]1.[K+].[K+]. The normalized spacial score (nSPS) is 9.44. The summed E-state index contributed by atoms with van der Waals surface area (Å²) in [6, 6.07) is 11.0. The number of benzene rings is 1. The van der Waals surface area contributed by atoms with Crippen molar-refractivity contribution in [3.63, 3.8) is 0 Å². The molecular weight excluding hydrogens is 312 g/mol. The Morgan fingerprint density at radius 3 is 2.00 bits per heavy atom. The Balaban J connectivity index is 0. The molecule has 0 saturated carbocycles. The molecule has 0 atom stereocenters. The van der Waals surface area contributed by atoms with Crippen LogP contribution in [-0.4, -0.2) is 22.5 Å². The molecule has 0 unspecified atom stereocenters. The Kier molecular flexibility index (Phi) is 12.5. The van der Waals surface area contributed by atoms with Crippen LogP contribution in [0.4, 0.5) is 0 Å². The first-order valence-corrected chi connectivity index (χ1v) is 5.44. The molecule has 0 bridgehead atoms. The maximum Gasteiger partial charge on any atom is 1.00 e. The predicted octanol–water partition coefficient (Wildman–Crippen LogP) is -5.80. The second-order valence-electron chi connectivity index (χ2n) is 2.82. The Morgan fingerprint density at radius 1 is 0.944 bits per heavy atom. The summed E-state index contributed by atoms with van der Waals surface area (Å²) in [4.78, 5) is 13.6.